The SMILES string of the molecule is N#Cc1ncc(N2C(=O)C3(CCC3)N(c3ccc(N4CCN(C(=O)O)CC4)cc3)C2=S)cc1C(F)(F)F. The van der Waals surface area contributed by atoms with Gasteiger partial charge in [-0.1, -0.05) is 0 Å². The van der Waals surface area contributed by atoms with Crippen molar-refractivity contribution < 1.29 is 27.9 Å². The lowest BCUT2D eigenvalue weighted by Crippen LogP contribution is -2.55. The van der Waals surface area contributed by atoms with Gasteiger partial charge in [-0.15, -0.1) is 0 Å². The van der Waals surface area contributed by atoms with E-state index in [4.69, 9.17) is 22.6 Å². The molecule has 2 amide bonds. The van der Waals surface area contributed by atoms with E-state index in [9.17, 15) is 22.8 Å². The Balaban J connectivity index is 1.44. The number of carbonyl (C=O) groups is 2. The quantitative estimate of drug-likeness (QED) is 0.598. The summed E-state index contributed by atoms with van der Waals surface area (Å²) in [6.07, 6.45) is -2.94. The molecule has 3 fully saturated rings. The maximum absolute atomic E-state index is 13.6. The summed E-state index contributed by atoms with van der Waals surface area (Å²) < 4.78 is 40.6. The summed E-state index contributed by atoms with van der Waals surface area (Å²) in [5.74, 6) is -0.419. The first-order chi connectivity index (χ1) is 17.6. The van der Waals surface area contributed by atoms with Crippen molar-refractivity contribution in [3.8, 4) is 6.07 Å². The Kier molecular flexibility index (Phi) is 5.94. The number of carbonyl (C=O) groups excluding carboxylic acids is 1. The number of hydrogen-bond acceptors (Lipinski definition) is 6. The van der Waals surface area contributed by atoms with Crippen LogP contribution in [0.1, 0.15) is 30.5 Å². The topological polar surface area (TPSA) is 104 Å². The van der Waals surface area contributed by atoms with Gasteiger partial charge in [0.05, 0.1) is 17.4 Å². The molecule has 1 spiro atoms. The van der Waals surface area contributed by atoms with E-state index in [-0.39, 0.29) is 10.8 Å². The van der Waals surface area contributed by atoms with Crippen molar-refractivity contribution >= 4 is 46.4 Å². The lowest BCUT2D eigenvalue weighted by atomic mass is 9.75. The molecule has 0 unspecified atom stereocenters. The van der Waals surface area contributed by atoms with Gasteiger partial charge < -0.3 is 19.8 Å². The minimum atomic E-state index is -4.82. The van der Waals surface area contributed by atoms with Crippen LogP contribution in [0, 0.1) is 11.3 Å². The van der Waals surface area contributed by atoms with Crippen molar-refractivity contribution in [1.29, 1.82) is 5.26 Å². The fourth-order valence-electron chi connectivity index (χ4n) is 5.06. The van der Waals surface area contributed by atoms with Crippen molar-refractivity contribution in [1.82, 2.24) is 9.88 Å². The molecule has 2 aromatic rings. The van der Waals surface area contributed by atoms with E-state index >= 15 is 0 Å². The molecule has 0 radical (unpaired) electrons. The van der Waals surface area contributed by atoms with Crippen LogP contribution in [-0.2, 0) is 11.0 Å². The Morgan fingerprint density at radius 3 is 2.22 bits per heavy atom. The van der Waals surface area contributed by atoms with Crippen LogP contribution in [0.4, 0.5) is 35.0 Å². The van der Waals surface area contributed by atoms with Gasteiger partial charge in [-0.2, -0.15) is 18.4 Å². The molecule has 5 rings (SSSR count). The van der Waals surface area contributed by atoms with Gasteiger partial charge in [0.15, 0.2) is 10.8 Å². The summed E-state index contributed by atoms with van der Waals surface area (Å²) in [7, 11) is 0. The van der Waals surface area contributed by atoms with Crippen LogP contribution in [0.2, 0.25) is 0 Å². The van der Waals surface area contributed by atoms with Gasteiger partial charge in [-0.25, -0.2) is 9.78 Å². The molecule has 1 N–H and O–H groups in total. The predicted octanol–water partition coefficient (Wildman–Crippen LogP) is 3.83. The molecule has 37 heavy (non-hydrogen) atoms. The Hall–Kier alpha value is -3.92. The molecule has 0 atom stereocenters. The number of alkyl halides is 3. The Morgan fingerprint density at radius 2 is 1.70 bits per heavy atom. The number of rotatable bonds is 3. The highest BCUT2D eigenvalue weighted by atomic mass is 32.1. The molecule has 1 aromatic heterocycles. The summed E-state index contributed by atoms with van der Waals surface area (Å²) >= 11 is 5.63. The van der Waals surface area contributed by atoms with E-state index in [0.29, 0.717) is 44.7 Å². The van der Waals surface area contributed by atoms with Crippen molar-refractivity contribution in [2.45, 2.75) is 31.0 Å². The second-order valence-electron chi connectivity index (χ2n) is 9.12. The second kappa shape index (κ2) is 8.88. The summed E-state index contributed by atoms with van der Waals surface area (Å²) in [5.41, 5.74) is -1.61. The third-order valence-electron chi connectivity index (χ3n) is 7.16. The zero-order valence-corrected chi connectivity index (χ0v) is 20.2. The van der Waals surface area contributed by atoms with Gasteiger partial charge in [0.25, 0.3) is 5.91 Å². The Labute approximate surface area is 215 Å². The molecule has 1 aromatic carbocycles. The number of carboxylic acid groups (broad SMARTS) is 1. The maximum atomic E-state index is 13.6. The highest BCUT2D eigenvalue weighted by molar-refractivity contribution is 7.81. The first kappa shape index (κ1) is 24.8. The Bertz CT molecular complexity index is 1310. The van der Waals surface area contributed by atoms with Crippen LogP contribution in [0.25, 0.3) is 0 Å². The van der Waals surface area contributed by atoms with Gasteiger partial charge in [-0.05, 0) is 61.8 Å². The van der Waals surface area contributed by atoms with E-state index in [1.54, 1.807) is 17.0 Å². The summed E-state index contributed by atoms with van der Waals surface area (Å²) in [6, 6.07) is 9.52. The molecular formula is C24H21F3N6O3S. The van der Waals surface area contributed by atoms with Gasteiger partial charge in [0.1, 0.15) is 11.6 Å². The fraction of sp³-hybridized carbons (Fsp3) is 0.375. The first-order valence-electron chi connectivity index (χ1n) is 11.6. The smallest absolute Gasteiger partial charge is 0.419 e. The highest BCUT2D eigenvalue weighted by Gasteiger charge is 2.59. The second-order valence-corrected chi connectivity index (χ2v) is 9.48. The number of thiocarbonyl (C=S) groups is 1. The van der Waals surface area contributed by atoms with Crippen LogP contribution in [-0.4, -0.2) is 63.8 Å². The van der Waals surface area contributed by atoms with E-state index < -0.39 is 35.0 Å². The van der Waals surface area contributed by atoms with Gasteiger partial charge in [-0.3, -0.25) is 9.69 Å². The molecule has 3 aliphatic rings. The van der Waals surface area contributed by atoms with Gasteiger partial charge >= 0.3 is 12.3 Å². The average molecular weight is 531 g/mol. The minimum Gasteiger partial charge on any atom is -0.465 e. The van der Waals surface area contributed by atoms with Gasteiger partial charge in [0.2, 0.25) is 0 Å². The first-order valence-corrected chi connectivity index (χ1v) is 12.0. The molecular weight excluding hydrogens is 509 g/mol. The lowest BCUT2D eigenvalue weighted by Gasteiger charge is -2.43. The number of piperazine rings is 1. The molecule has 9 nitrogen and oxygen atoms in total. The molecule has 13 heteroatoms. The molecule has 3 heterocycles. The number of benzene rings is 1. The number of nitrogens with zero attached hydrogens (tertiary/aromatic N) is 6. The van der Waals surface area contributed by atoms with Crippen LogP contribution >= 0.6 is 12.2 Å². The predicted molar refractivity (Wildman–Crippen MR) is 131 cm³/mol. The van der Waals surface area contributed by atoms with Crippen LogP contribution in [0.3, 0.4) is 0 Å². The monoisotopic (exact) mass is 530 g/mol. The minimum absolute atomic E-state index is 0.0483. The molecule has 2 saturated heterocycles. The number of halogens is 3. The number of hydrogen-bond donors (Lipinski definition) is 1. The van der Waals surface area contributed by atoms with Crippen molar-refractivity contribution in [2.75, 3.05) is 40.9 Å². The normalized spacial score (nSPS) is 19.3. The van der Waals surface area contributed by atoms with Crippen LogP contribution in [0.5, 0.6) is 0 Å². The van der Waals surface area contributed by atoms with Crippen molar-refractivity contribution in [3.63, 3.8) is 0 Å². The largest absolute Gasteiger partial charge is 0.465 e. The summed E-state index contributed by atoms with van der Waals surface area (Å²) in [6.45, 7) is 1.85. The third kappa shape index (κ3) is 4.01. The van der Waals surface area contributed by atoms with Crippen LogP contribution < -0.4 is 14.7 Å². The zero-order chi connectivity index (χ0) is 26.5. The summed E-state index contributed by atoms with van der Waals surface area (Å²) in [4.78, 5) is 34.6. The number of aromatic nitrogens is 1. The van der Waals surface area contributed by atoms with Crippen LogP contribution in [0.15, 0.2) is 36.5 Å². The Morgan fingerprint density at radius 1 is 1.08 bits per heavy atom. The van der Waals surface area contributed by atoms with Crippen molar-refractivity contribution in [2.24, 2.45) is 0 Å². The lowest BCUT2D eigenvalue weighted by molar-refractivity contribution is -0.138. The zero-order valence-electron chi connectivity index (χ0n) is 19.4. The van der Waals surface area contributed by atoms with E-state index in [1.807, 2.05) is 12.1 Å². The molecule has 192 valence electrons. The number of nitriles is 1. The molecule has 1 saturated carbocycles. The number of pyridine rings is 1. The molecule has 2 aliphatic heterocycles. The highest BCUT2D eigenvalue weighted by Crippen LogP contribution is 2.48. The average Bonchev–Trinajstić information content (AvgIpc) is 3.10. The van der Waals surface area contributed by atoms with E-state index in [1.165, 1.54) is 11.0 Å². The van der Waals surface area contributed by atoms with Gasteiger partial charge in [0, 0.05) is 37.6 Å². The summed E-state index contributed by atoms with van der Waals surface area (Å²) in [5, 5.41) is 18.3. The standard InChI is InChI=1S/C24H21F3N6O3S/c25-24(26,27)18-12-17(14-29-19(18)13-28)32-20(34)23(6-1-7-23)33(21(32)37)16-4-2-15(3-5-16)30-8-10-31(11-9-30)22(35)36/h2-5,12,14H,1,6-11H2,(H,35,36). The number of anilines is 3. The number of amides is 2. The molecule has 0 bridgehead atoms. The third-order valence-corrected chi connectivity index (χ3v) is 7.52. The maximum Gasteiger partial charge on any atom is 0.419 e. The fourth-order valence-corrected chi connectivity index (χ4v) is 5.53. The molecule has 1 aliphatic carbocycles. The van der Waals surface area contributed by atoms with E-state index in [2.05, 4.69) is 9.88 Å². The van der Waals surface area contributed by atoms with Crippen molar-refractivity contribution in [3.05, 3.63) is 47.8 Å². The van der Waals surface area contributed by atoms with E-state index in [0.717, 1.165) is 29.3 Å².